The Morgan fingerprint density at radius 1 is 1.33 bits per heavy atom. The van der Waals surface area contributed by atoms with Gasteiger partial charge in [-0.2, -0.15) is 13.2 Å². The highest BCUT2D eigenvalue weighted by molar-refractivity contribution is 5.99. The molecule has 1 N–H and O–H groups in total. The number of hydrogen-bond acceptors (Lipinski definition) is 2. The van der Waals surface area contributed by atoms with Gasteiger partial charge in [-0.25, -0.2) is 8.78 Å². The second-order valence-electron chi connectivity index (χ2n) is 6.50. The van der Waals surface area contributed by atoms with Crippen molar-refractivity contribution in [2.24, 2.45) is 5.92 Å². The first kappa shape index (κ1) is 17.1. The van der Waals surface area contributed by atoms with E-state index in [2.05, 4.69) is 5.32 Å². The first-order valence-corrected chi connectivity index (χ1v) is 7.69. The number of carbonyl (C=O) groups is 1. The summed E-state index contributed by atoms with van der Waals surface area (Å²) in [6.45, 7) is 1.63. The summed E-state index contributed by atoms with van der Waals surface area (Å²) in [5.74, 6) is -4.13. The molecule has 0 aromatic heterocycles. The first-order chi connectivity index (χ1) is 11.1. The summed E-state index contributed by atoms with van der Waals surface area (Å²) in [7, 11) is 0. The zero-order valence-electron chi connectivity index (χ0n) is 13.0. The van der Waals surface area contributed by atoms with Crippen LogP contribution in [-0.2, 0) is 19.3 Å². The van der Waals surface area contributed by atoms with Gasteiger partial charge in [-0.3, -0.25) is 9.69 Å². The van der Waals surface area contributed by atoms with Crippen LogP contribution in [-0.4, -0.2) is 29.8 Å². The van der Waals surface area contributed by atoms with Crippen molar-refractivity contribution in [1.29, 1.82) is 0 Å². The minimum atomic E-state index is -4.56. The van der Waals surface area contributed by atoms with E-state index in [0.29, 0.717) is 5.56 Å². The maximum absolute atomic E-state index is 13.5. The average molecular weight is 348 g/mol. The Morgan fingerprint density at radius 3 is 2.67 bits per heavy atom. The predicted molar refractivity (Wildman–Crippen MR) is 76.6 cm³/mol. The number of halogens is 5. The van der Waals surface area contributed by atoms with Gasteiger partial charge in [-0.1, -0.05) is 6.92 Å². The fourth-order valence-electron chi connectivity index (χ4n) is 3.30. The zero-order chi connectivity index (χ0) is 17.7. The molecule has 2 heterocycles. The highest BCUT2D eigenvalue weighted by Crippen LogP contribution is 2.37. The van der Waals surface area contributed by atoms with Crippen molar-refractivity contribution < 1.29 is 26.7 Å². The van der Waals surface area contributed by atoms with Crippen LogP contribution in [0.4, 0.5) is 22.0 Å². The third kappa shape index (κ3) is 3.11. The number of piperidine rings is 1. The maximum Gasteiger partial charge on any atom is 0.416 e. The van der Waals surface area contributed by atoms with E-state index >= 15 is 0 Å². The number of alkyl halides is 5. The molecule has 2 aliphatic rings. The molecular formula is C16H17F5N2O. The number of rotatable bonds is 2. The molecule has 1 atom stereocenters. The van der Waals surface area contributed by atoms with E-state index in [1.807, 2.05) is 0 Å². The summed E-state index contributed by atoms with van der Waals surface area (Å²) in [4.78, 5) is 13.4. The van der Waals surface area contributed by atoms with E-state index in [-0.39, 0.29) is 43.7 Å². The molecule has 0 saturated carbocycles. The van der Waals surface area contributed by atoms with Crippen LogP contribution in [0.1, 0.15) is 40.4 Å². The number of amides is 1. The summed E-state index contributed by atoms with van der Waals surface area (Å²) in [6, 6.07) is 2.46. The molecule has 132 valence electrons. The fraction of sp³-hybridized carbons (Fsp3) is 0.562. The van der Waals surface area contributed by atoms with E-state index in [1.54, 1.807) is 4.90 Å². The lowest BCUT2D eigenvalue weighted by atomic mass is 9.94. The summed E-state index contributed by atoms with van der Waals surface area (Å²) in [5.41, 5.74) is -0.538. The lowest BCUT2D eigenvalue weighted by molar-refractivity contribution is -0.138. The SMILES string of the molecule is C[C@@H]1CN(Cc2cc3c(c(C(F)(F)F)c2)CNC3=O)CCC1(F)F. The zero-order valence-corrected chi connectivity index (χ0v) is 13.0. The third-order valence-electron chi connectivity index (χ3n) is 4.71. The monoisotopic (exact) mass is 348 g/mol. The fourth-order valence-corrected chi connectivity index (χ4v) is 3.30. The minimum absolute atomic E-state index is 0.0233. The molecule has 1 aromatic rings. The molecule has 0 aliphatic carbocycles. The van der Waals surface area contributed by atoms with Gasteiger partial charge in [0.1, 0.15) is 0 Å². The van der Waals surface area contributed by atoms with Crippen molar-refractivity contribution in [3.05, 3.63) is 34.4 Å². The van der Waals surface area contributed by atoms with Crippen LogP contribution < -0.4 is 5.32 Å². The summed E-state index contributed by atoms with van der Waals surface area (Å²) >= 11 is 0. The van der Waals surface area contributed by atoms with E-state index in [1.165, 1.54) is 13.0 Å². The van der Waals surface area contributed by atoms with Gasteiger partial charge < -0.3 is 5.32 Å². The van der Waals surface area contributed by atoms with Crippen molar-refractivity contribution in [3.8, 4) is 0 Å². The smallest absolute Gasteiger partial charge is 0.348 e. The van der Waals surface area contributed by atoms with E-state index in [4.69, 9.17) is 0 Å². The van der Waals surface area contributed by atoms with E-state index < -0.39 is 29.5 Å². The number of benzene rings is 1. The first-order valence-electron chi connectivity index (χ1n) is 7.69. The Morgan fingerprint density at radius 2 is 2.04 bits per heavy atom. The van der Waals surface area contributed by atoms with Gasteiger partial charge in [0.2, 0.25) is 0 Å². The second kappa shape index (κ2) is 5.68. The average Bonchev–Trinajstić information content (AvgIpc) is 2.83. The van der Waals surface area contributed by atoms with E-state index in [0.717, 1.165) is 6.07 Å². The van der Waals surface area contributed by atoms with Gasteiger partial charge in [-0.15, -0.1) is 0 Å². The number of fused-ring (bicyclic) bond motifs is 1. The summed E-state index contributed by atoms with van der Waals surface area (Å²) in [6.07, 6.45) is -4.87. The molecule has 1 fully saturated rings. The Balaban J connectivity index is 1.87. The molecule has 0 unspecified atom stereocenters. The molecule has 1 aromatic carbocycles. The molecule has 1 saturated heterocycles. The molecule has 3 nitrogen and oxygen atoms in total. The molecule has 3 rings (SSSR count). The number of hydrogen-bond donors (Lipinski definition) is 1. The Hall–Kier alpha value is -1.70. The molecule has 2 aliphatic heterocycles. The van der Waals surface area contributed by atoms with Crippen molar-refractivity contribution in [2.45, 2.75) is 38.5 Å². The van der Waals surface area contributed by atoms with Crippen molar-refractivity contribution in [1.82, 2.24) is 10.2 Å². The Bertz CT molecular complexity index is 671. The van der Waals surface area contributed by atoms with Gasteiger partial charge in [0.25, 0.3) is 11.8 Å². The minimum Gasteiger partial charge on any atom is -0.348 e. The lowest BCUT2D eigenvalue weighted by Gasteiger charge is -2.36. The quantitative estimate of drug-likeness (QED) is 0.831. The van der Waals surface area contributed by atoms with Crippen molar-refractivity contribution >= 4 is 5.91 Å². The summed E-state index contributed by atoms with van der Waals surface area (Å²) in [5, 5.41) is 2.39. The maximum atomic E-state index is 13.5. The molecule has 8 heteroatoms. The van der Waals surface area contributed by atoms with Crippen molar-refractivity contribution in [3.63, 3.8) is 0 Å². The number of nitrogens with one attached hydrogen (secondary N) is 1. The van der Waals surface area contributed by atoms with Gasteiger partial charge in [0.05, 0.1) is 5.56 Å². The highest BCUT2D eigenvalue weighted by atomic mass is 19.4. The third-order valence-corrected chi connectivity index (χ3v) is 4.71. The van der Waals surface area contributed by atoms with Gasteiger partial charge >= 0.3 is 6.18 Å². The second-order valence-corrected chi connectivity index (χ2v) is 6.50. The van der Waals surface area contributed by atoms with Gasteiger partial charge in [0.15, 0.2) is 0 Å². The standard InChI is InChI=1S/C16H17F5N2O/c1-9-7-23(3-2-15(9,17)18)8-10-4-11-12(6-22-14(11)24)13(5-10)16(19,20)21/h4-5,9H,2-3,6-8H2,1H3,(H,22,24)/t9-/m1/s1. The largest absolute Gasteiger partial charge is 0.416 e. The normalized spacial score (nSPS) is 23.9. The van der Waals surface area contributed by atoms with Crippen LogP contribution in [0.15, 0.2) is 12.1 Å². The lowest BCUT2D eigenvalue weighted by Crippen LogP contribution is -2.45. The highest BCUT2D eigenvalue weighted by Gasteiger charge is 2.41. The van der Waals surface area contributed by atoms with Crippen LogP contribution in [0, 0.1) is 5.92 Å². The predicted octanol–water partition coefficient (Wildman–Crippen LogP) is 3.43. The Labute approximate surface area is 135 Å². The Kier molecular flexibility index (Phi) is 4.06. The molecular weight excluding hydrogens is 331 g/mol. The van der Waals surface area contributed by atoms with Crippen LogP contribution in [0.25, 0.3) is 0 Å². The number of nitrogens with zero attached hydrogens (tertiary/aromatic N) is 1. The van der Waals surface area contributed by atoms with Crippen LogP contribution in [0.5, 0.6) is 0 Å². The number of likely N-dealkylation sites (tertiary alicyclic amines) is 1. The van der Waals surface area contributed by atoms with E-state index in [9.17, 15) is 26.7 Å². The molecule has 0 spiro atoms. The molecule has 0 radical (unpaired) electrons. The van der Waals surface area contributed by atoms with Gasteiger partial charge in [0, 0.05) is 44.1 Å². The molecule has 1 amide bonds. The van der Waals surface area contributed by atoms with Crippen LogP contribution >= 0.6 is 0 Å². The number of carbonyl (C=O) groups excluding carboxylic acids is 1. The molecule has 24 heavy (non-hydrogen) atoms. The topological polar surface area (TPSA) is 32.3 Å². The van der Waals surface area contributed by atoms with Crippen LogP contribution in [0.3, 0.4) is 0 Å². The van der Waals surface area contributed by atoms with Gasteiger partial charge in [-0.05, 0) is 23.3 Å². The van der Waals surface area contributed by atoms with Crippen LogP contribution in [0.2, 0.25) is 0 Å². The molecule has 0 bridgehead atoms. The van der Waals surface area contributed by atoms with Crippen molar-refractivity contribution in [2.75, 3.05) is 13.1 Å². The summed E-state index contributed by atoms with van der Waals surface area (Å²) < 4.78 is 66.8.